The fourth-order valence-corrected chi connectivity index (χ4v) is 6.76. The van der Waals surface area contributed by atoms with Crippen molar-refractivity contribution in [2.45, 2.75) is 37.6 Å². The van der Waals surface area contributed by atoms with Gasteiger partial charge in [0.2, 0.25) is 5.91 Å². The average Bonchev–Trinajstić information content (AvgIpc) is 3.76. The van der Waals surface area contributed by atoms with Gasteiger partial charge in [0.25, 0.3) is 0 Å². The van der Waals surface area contributed by atoms with Gasteiger partial charge >= 0.3 is 5.97 Å². The number of carbonyl (C=O) groups is 2. The Balaban J connectivity index is 1.33. The lowest BCUT2D eigenvalue weighted by atomic mass is 10.0. The zero-order valence-corrected chi connectivity index (χ0v) is 24.2. The topological polar surface area (TPSA) is 105 Å². The standard InChI is InChI=1S/C27H28N4O5S3/c1-16-11-18(13-37-16)24-29-30-27(31(24)12-20-5-4-10-36-20)39-15-22(32)28-25-23(26(33)35-3)21(14-38-25)17-6-8-19(34-2)9-7-17/h6-9,11,13-14,20H,4-5,10,12,15H2,1-3H3,(H,28,32). The number of thiophene rings is 2. The number of aryl methyl sites for hydroxylation is 1. The number of methoxy groups -OCH3 is 2. The number of ether oxygens (including phenoxy) is 3. The van der Waals surface area contributed by atoms with Gasteiger partial charge in [-0.15, -0.1) is 32.9 Å². The predicted molar refractivity (Wildman–Crippen MR) is 154 cm³/mol. The molecule has 0 spiro atoms. The number of rotatable bonds is 10. The average molecular weight is 585 g/mol. The highest BCUT2D eigenvalue weighted by Gasteiger charge is 2.25. The van der Waals surface area contributed by atoms with Crippen LogP contribution in [0, 0.1) is 6.92 Å². The molecule has 0 bridgehead atoms. The zero-order valence-electron chi connectivity index (χ0n) is 21.8. The molecule has 4 heterocycles. The third-order valence-electron chi connectivity index (χ3n) is 6.28. The van der Waals surface area contributed by atoms with E-state index in [0.29, 0.717) is 33.6 Å². The molecular formula is C27H28N4O5S3. The number of thioether (sulfide) groups is 1. The molecule has 12 heteroatoms. The van der Waals surface area contributed by atoms with Crippen LogP contribution in [-0.2, 0) is 20.8 Å². The first-order chi connectivity index (χ1) is 19.0. The van der Waals surface area contributed by atoms with Gasteiger partial charge in [0.1, 0.15) is 16.3 Å². The maximum absolute atomic E-state index is 13.0. The molecule has 3 aromatic heterocycles. The van der Waals surface area contributed by atoms with Crippen molar-refractivity contribution in [3.8, 4) is 28.3 Å². The van der Waals surface area contributed by atoms with Crippen LogP contribution in [0.3, 0.4) is 0 Å². The van der Waals surface area contributed by atoms with Crippen LogP contribution in [0.4, 0.5) is 5.00 Å². The first kappa shape index (κ1) is 27.4. The number of esters is 1. The number of aromatic nitrogens is 3. The Labute approximate surface area is 238 Å². The second-order valence-electron chi connectivity index (χ2n) is 8.91. The molecule has 4 aromatic rings. The third-order valence-corrected chi connectivity index (χ3v) is 9.01. The molecular weight excluding hydrogens is 557 g/mol. The van der Waals surface area contributed by atoms with Gasteiger partial charge in [-0.1, -0.05) is 23.9 Å². The molecule has 1 aliphatic rings. The second-order valence-corrected chi connectivity index (χ2v) is 11.8. The normalized spacial score (nSPS) is 14.9. The minimum absolute atomic E-state index is 0.0952. The molecule has 204 valence electrons. The molecule has 1 fully saturated rings. The number of nitrogens with zero attached hydrogens (tertiary/aromatic N) is 3. The molecule has 39 heavy (non-hydrogen) atoms. The van der Waals surface area contributed by atoms with Crippen molar-refractivity contribution in [2.24, 2.45) is 0 Å². The fraction of sp³-hybridized carbons (Fsp3) is 0.333. The summed E-state index contributed by atoms with van der Waals surface area (Å²) in [6.45, 7) is 3.44. The van der Waals surface area contributed by atoms with Crippen LogP contribution in [0.15, 0.2) is 46.2 Å². The van der Waals surface area contributed by atoms with Crippen LogP contribution in [0.2, 0.25) is 0 Å². The largest absolute Gasteiger partial charge is 0.497 e. The Morgan fingerprint density at radius 2 is 1.97 bits per heavy atom. The smallest absolute Gasteiger partial charge is 0.341 e. The number of benzene rings is 1. The summed E-state index contributed by atoms with van der Waals surface area (Å²) in [6, 6.07) is 9.46. The van der Waals surface area contributed by atoms with Crippen LogP contribution in [0.1, 0.15) is 28.1 Å². The first-order valence-corrected chi connectivity index (χ1v) is 15.1. The Hall–Kier alpha value is -3.19. The van der Waals surface area contributed by atoms with E-state index in [1.165, 1.54) is 35.1 Å². The summed E-state index contributed by atoms with van der Waals surface area (Å²) >= 11 is 4.25. The summed E-state index contributed by atoms with van der Waals surface area (Å²) < 4.78 is 18.2. The third kappa shape index (κ3) is 6.19. The van der Waals surface area contributed by atoms with Gasteiger partial charge in [0, 0.05) is 33.4 Å². The molecule has 1 amide bonds. The Kier molecular flexibility index (Phi) is 8.66. The number of nitrogens with one attached hydrogen (secondary N) is 1. The maximum Gasteiger partial charge on any atom is 0.341 e. The first-order valence-electron chi connectivity index (χ1n) is 12.3. The van der Waals surface area contributed by atoms with Gasteiger partial charge in [0.05, 0.1) is 32.6 Å². The summed E-state index contributed by atoms with van der Waals surface area (Å²) in [5.74, 6) is 0.810. The molecule has 0 aliphatic carbocycles. The number of carbonyl (C=O) groups excluding carboxylic acids is 2. The second kappa shape index (κ2) is 12.3. The van der Waals surface area contributed by atoms with E-state index in [1.807, 2.05) is 34.2 Å². The van der Waals surface area contributed by atoms with Crippen LogP contribution in [-0.4, -0.2) is 59.3 Å². The summed E-state index contributed by atoms with van der Waals surface area (Å²) in [4.78, 5) is 26.9. The fourth-order valence-electron chi connectivity index (χ4n) is 4.36. The van der Waals surface area contributed by atoms with Crippen molar-refractivity contribution in [3.63, 3.8) is 0 Å². The van der Waals surface area contributed by atoms with Crippen molar-refractivity contribution in [3.05, 3.63) is 51.5 Å². The number of amides is 1. The van der Waals surface area contributed by atoms with E-state index in [4.69, 9.17) is 14.2 Å². The van der Waals surface area contributed by atoms with Crippen molar-refractivity contribution < 1.29 is 23.8 Å². The molecule has 5 rings (SSSR count). The molecule has 1 aromatic carbocycles. The molecule has 0 saturated carbocycles. The Morgan fingerprint density at radius 3 is 2.64 bits per heavy atom. The highest BCUT2D eigenvalue weighted by molar-refractivity contribution is 7.99. The van der Waals surface area contributed by atoms with Gasteiger partial charge in [-0.05, 0) is 43.5 Å². The van der Waals surface area contributed by atoms with E-state index >= 15 is 0 Å². The summed E-state index contributed by atoms with van der Waals surface area (Å²) in [5, 5.41) is 16.7. The van der Waals surface area contributed by atoms with E-state index in [9.17, 15) is 9.59 Å². The predicted octanol–water partition coefficient (Wildman–Crippen LogP) is 5.75. The molecule has 9 nitrogen and oxygen atoms in total. The van der Waals surface area contributed by atoms with Crippen molar-refractivity contribution >= 4 is 51.3 Å². The van der Waals surface area contributed by atoms with Crippen molar-refractivity contribution in [1.29, 1.82) is 0 Å². The van der Waals surface area contributed by atoms with E-state index in [1.54, 1.807) is 18.4 Å². The number of anilines is 1. The van der Waals surface area contributed by atoms with Gasteiger partial charge in [0.15, 0.2) is 11.0 Å². The van der Waals surface area contributed by atoms with Gasteiger partial charge in [-0.2, -0.15) is 0 Å². The van der Waals surface area contributed by atoms with Gasteiger partial charge in [-0.25, -0.2) is 4.79 Å². The summed E-state index contributed by atoms with van der Waals surface area (Å²) in [5.41, 5.74) is 2.83. The SMILES string of the molecule is COC(=O)c1c(-c2ccc(OC)cc2)csc1NC(=O)CSc1nnc(-c2csc(C)c2)n1CC1CCCO1. The van der Waals surface area contributed by atoms with Crippen LogP contribution >= 0.6 is 34.4 Å². The van der Waals surface area contributed by atoms with Crippen molar-refractivity contribution in [1.82, 2.24) is 14.8 Å². The lowest BCUT2D eigenvalue weighted by molar-refractivity contribution is -0.113. The van der Waals surface area contributed by atoms with Crippen molar-refractivity contribution in [2.75, 3.05) is 31.9 Å². The minimum atomic E-state index is -0.517. The van der Waals surface area contributed by atoms with E-state index in [0.717, 1.165) is 36.4 Å². The molecule has 0 radical (unpaired) electrons. The van der Waals surface area contributed by atoms with Crippen LogP contribution in [0.25, 0.3) is 22.5 Å². The monoisotopic (exact) mass is 584 g/mol. The molecule has 1 saturated heterocycles. The molecule has 1 atom stereocenters. The van der Waals surface area contributed by atoms with Gasteiger partial charge in [-0.3, -0.25) is 9.36 Å². The highest BCUT2D eigenvalue weighted by atomic mass is 32.2. The molecule has 1 N–H and O–H groups in total. The van der Waals surface area contributed by atoms with Crippen LogP contribution in [0.5, 0.6) is 5.75 Å². The summed E-state index contributed by atoms with van der Waals surface area (Å²) in [6.07, 6.45) is 2.11. The maximum atomic E-state index is 13.0. The number of hydrogen-bond acceptors (Lipinski definition) is 10. The minimum Gasteiger partial charge on any atom is -0.497 e. The van der Waals surface area contributed by atoms with E-state index < -0.39 is 5.97 Å². The Bertz CT molecular complexity index is 1450. The number of hydrogen-bond donors (Lipinski definition) is 1. The van der Waals surface area contributed by atoms with Crippen LogP contribution < -0.4 is 10.1 Å². The zero-order chi connectivity index (χ0) is 27.4. The lowest BCUT2D eigenvalue weighted by Crippen LogP contribution is -2.18. The van der Waals surface area contributed by atoms with E-state index in [-0.39, 0.29) is 17.8 Å². The lowest BCUT2D eigenvalue weighted by Gasteiger charge is -2.14. The van der Waals surface area contributed by atoms with Gasteiger partial charge < -0.3 is 19.5 Å². The quantitative estimate of drug-likeness (QED) is 0.186. The van der Waals surface area contributed by atoms with E-state index in [2.05, 4.69) is 33.9 Å². The summed E-state index contributed by atoms with van der Waals surface area (Å²) in [7, 11) is 2.92. The highest BCUT2D eigenvalue weighted by Crippen LogP contribution is 2.37. The Morgan fingerprint density at radius 1 is 1.15 bits per heavy atom. The molecule has 1 aliphatic heterocycles. The molecule has 1 unspecified atom stereocenters.